The highest BCUT2D eigenvalue weighted by Crippen LogP contribution is 2.36. The molecule has 1 aliphatic rings. The van der Waals surface area contributed by atoms with E-state index >= 15 is 0 Å². The van der Waals surface area contributed by atoms with Crippen LogP contribution in [-0.2, 0) is 6.18 Å². The maximum Gasteiger partial charge on any atom is 0.416 e. The molecule has 1 amide bonds. The van der Waals surface area contributed by atoms with Gasteiger partial charge in [0.25, 0.3) is 12.3 Å². The Bertz CT molecular complexity index is 1100. The van der Waals surface area contributed by atoms with E-state index in [2.05, 4.69) is 15.3 Å². The third-order valence-electron chi connectivity index (χ3n) is 5.24. The second kappa shape index (κ2) is 8.16. The second-order valence-corrected chi connectivity index (χ2v) is 7.39. The Hall–Kier alpha value is -3.17. The van der Waals surface area contributed by atoms with E-state index in [9.17, 15) is 26.7 Å². The minimum absolute atomic E-state index is 0.0553. The standard InChI is InChI=1S/C21H19F5N4O/c22-18(23)19-27-14-6-4-12(10-15(14)28-19)20(31)29-16-11-13(21(24,25)26)5-7-17(16)30-8-2-1-3-9-30/h4-7,10-11,18H,1-3,8-9H2,(H,27,28)(H,29,31). The minimum Gasteiger partial charge on any atom is -0.370 e. The maximum absolute atomic E-state index is 13.2. The molecule has 5 nitrogen and oxygen atoms in total. The molecule has 1 aliphatic heterocycles. The zero-order valence-electron chi connectivity index (χ0n) is 16.3. The van der Waals surface area contributed by atoms with Crippen LogP contribution >= 0.6 is 0 Å². The van der Waals surface area contributed by atoms with Crippen LogP contribution in [0.25, 0.3) is 11.0 Å². The number of anilines is 2. The van der Waals surface area contributed by atoms with Crippen molar-refractivity contribution >= 4 is 28.3 Å². The van der Waals surface area contributed by atoms with Crippen LogP contribution in [0.3, 0.4) is 0 Å². The number of alkyl halides is 5. The number of carbonyl (C=O) groups is 1. The number of imidazole rings is 1. The average Bonchev–Trinajstić information content (AvgIpc) is 3.17. The fourth-order valence-electron chi connectivity index (χ4n) is 3.69. The number of rotatable bonds is 4. The summed E-state index contributed by atoms with van der Waals surface area (Å²) in [5.41, 5.74) is 0.319. The van der Waals surface area contributed by atoms with Crippen molar-refractivity contribution in [3.8, 4) is 0 Å². The molecule has 0 atom stereocenters. The smallest absolute Gasteiger partial charge is 0.370 e. The molecule has 0 spiro atoms. The number of amides is 1. The molecule has 1 fully saturated rings. The van der Waals surface area contributed by atoms with Gasteiger partial charge in [0.1, 0.15) is 0 Å². The van der Waals surface area contributed by atoms with Gasteiger partial charge in [0.05, 0.1) is 28.0 Å². The van der Waals surface area contributed by atoms with Gasteiger partial charge in [-0.05, 0) is 55.7 Å². The van der Waals surface area contributed by atoms with Gasteiger partial charge in [-0.1, -0.05) is 0 Å². The highest BCUT2D eigenvalue weighted by atomic mass is 19.4. The molecule has 3 aromatic rings. The van der Waals surface area contributed by atoms with Crippen molar-refractivity contribution in [3.05, 3.63) is 53.3 Å². The van der Waals surface area contributed by atoms with E-state index < -0.39 is 29.9 Å². The van der Waals surface area contributed by atoms with Crippen LogP contribution in [0.15, 0.2) is 36.4 Å². The predicted octanol–water partition coefficient (Wildman–Crippen LogP) is 5.76. The molecule has 10 heteroatoms. The van der Waals surface area contributed by atoms with Gasteiger partial charge in [0.2, 0.25) is 0 Å². The Kier molecular flexibility index (Phi) is 5.55. The van der Waals surface area contributed by atoms with Crippen LogP contribution in [0.2, 0.25) is 0 Å². The van der Waals surface area contributed by atoms with E-state index in [0.717, 1.165) is 31.4 Å². The van der Waals surface area contributed by atoms with E-state index in [1.807, 2.05) is 4.90 Å². The van der Waals surface area contributed by atoms with Crippen LogP contribution < -0.4 is 10.2 Å². The normalized spacial score (nSPS) is 15.0. The Morgan fingerprint density at radius 3 is 2.48 bits per heavy atom. The average molecular weight is 438 g/mol. The lowest BCUT2D eigenvalue weighted by Gasteiger charge is -2.31. The number of nitrogens with one attached hydrogen (secondary N) is 2. The first-order chi connectivity index (χ1) is 14.7. The summed E-state index contributed by atoms with van der Waals surface area (Å²) in [4.78, 5) is 20.9. The predicted molar refractivity (Wildman–Crippen MR) is 107 cm³/mol. The quantitative estimate of drug-likeness (QED) is 0.509. The van der Waals surface area contributed by atoms with Gasteiger partial charge in [0.15, 0.2) is 5.82 Å². The van der Waals surface area contributed by atoms with E-state index in [0.29, 0.717) is 18.8 Å². The van der Waals surface area contributed by atoms with Crippen molar-refractivity contribution in [1.29, 1.82) is 0 Å². The highest BCUT2D eigenvalue weighted by Gasteiger charge is 2.32. The molecule has 2 heterocycles. The molecule has 0 saturated carbocycles. The van der Waals surface area contributed by atoms with Gasteiger partial charge >= 0.3 is 6.18 Å². The third-order valence-corrected chi connectivity index (χ3v) is 5.24. The zero-order chi connectivity index (χ0) is 22.2. The van der Waals surface area contributed by atoms with Crippen molar-refractivity contribution in [1.82, 2.24) is 9.97 Å². The summed E-state index contributed by atoms with van der Waals surface area (Å²) < 4.78 is 65.4. The van der Waals surface area contributed by atoms with Gasteiger partial charge in [-0.2, -0.15) is 13.2 Å². The van der Waals surface area contributed by atoms with E-state index in [-0.39, 0.29) is 22.3 Å². The summed E-state index contributed by atoms with van der Waals surface area (Å²) >= 11 is 0. The van der Waals surface area contributed by atoms with Crippen molar-refractivity contribution in [2.45, 2.75) is 31.9 Å². The number of piperidine rings is 1. The molecular weight excluding hydrogens is 419 g/mol. The zero-order valence-corrected chi connectivity index (χ0v) is 16.3. The van der Waals surface area contributed by atoms with Crippen LogP contribution in [-0.4, -0.2) is 29.0 Å². The fraction of sp³-hybridized carbons (Fsp3) is 0.333. The molecule has 0 bridgehead atoms. The Labute approximate surface area is 174 Å². The Morgan fingerprint density at radius 2 is 1.81 bits per heavy atom. The molecule has 1 aromatic heterocycles. The first-order valence-corrected chi connectivity index (χ1v) is 9.78. The number of hydrogen-bond donors (Lipinski definition) is 2. The molecule has 4 rings (SSSR count). The highest BCUT2D eigenvalue weighted by molar-refractivity contribution is 6.07. The fourth-order valence-corrected chi connectivity index (χ4v) is 3.69. The number of hydrogen-bond acceptors (Lipinski definition) is 3. The van der Waals surface area contributed by atoms with Crippen molar-refractivity contribution < 1.29 is 26.7 Å². The van der Waals surface area contributed by atoms with Gasteiger partial charge in [-0.25, -0.2) is 13.8 Å². The molecule has 0 unspecified atom stereocenters. The number of fused-ring (bicyclic) bond motifs is 1. The number of carbonyl (C=O) groups excluding carboxylic acids is 1. The summed E-state index contributed by atoms with van der Waals surface area (Å²) in [6.45, 7) is 1.37. The van der Waals surface area contributed by atoms with Crippen LogP contribution in [0.4, 0.5) is 33.3 Å². The first kappa shape index (κ1) is 21.1. The summed E-state index contributed by atoms with van der Waals surface area (Å²) in [6, 6.07) is 7.44. The SMILES string of the molecule is O=C(Nc1cc(C(F)(F)F)ccc1N1CCCCC1)c1ccc2nc(C(F)F)[nH]c2c1. The molecule has 2 aromatic carbocycles. The molecule has 164 valence electrons. The Balaban J connectivity index is 1.66. The summed E-state index contributed by atoms with van der Waals surface area (Å²) in [6.07, 6.45) is -4.47. The number of aromatic nitrogens is 2. The number of nitrogens with zero attached hydrogens (tertiary/aromatic N) is 2. The second-order valence-electron chi connectivity index (χ2n) is 7.39. The molecule has 0 radical (unpaired) electrons. The number of benzene rings is 2. The molecular formula is C21H19F5N4O. The topological polar surface area (TPSA) is 61.0 Å². The molecule has 1 saturated heterocycles. The number of halogens is 5. The largest absolute Gasteiger partial charge is 0.416 e. The number of H-pyrrole nitrogens is 1. The van der Waals surface area contributed by atoms with E-state index in [1.165, 1.54) is 24.3 Å². The Morgan fingerprint density at radius 1 is 1.06 bits per heavy atom. The lowest BCUT2D eigenvalue weighted by atomic mass is 10.1. The summed E-state index contributed by atoms with van der Waals surface area (Å²) in [5, 5.41) is 2.57. The lowest BCUT2D eigenvalue weighted by Crippen LogP contribution is -2.30. The lowest BCUT2D eigenvalue weighted by molar-refractivity contribution is -0.137. The van der Waals surface area contributed by atoms with Crippen LogP contribution in [0.5, 0.6) is 0 Å². The van der Waals surface area contributed by atoms with Gasteiger partial charge in [-0.15, -0.1) is 0 Å². The van der Waals surface area contributed by atoms with Crippen LogP contribution in [0.1, 0.15) is 47.4 Å². The van der Waals surface area contributed by atoms with E-state index in [4.69, 9.17) is 0 Å². The van der Waals surface area contributed by atoms with Gasteiger partial charge < -0.3 is 15.2 Å². The summed E-state index contributed by atoms with van der Waals surface area (Å²) in [7, 11) is 0. The molecule has 0 aliphatic carbocycles. The maximum atomic E-state index is 13.2. The molecule has 31 heavy (non-hydrogen) atoms. The van der Waals surface area contributed by atoms with Crippen molar-refractivity contribution in [3.63, 3.8) is 0 Å². The van der Waals surface area contributed by atoms with E-state index in [1.54, 1.807) is 0 Å². The summed E-state index contributed by atoms with van der Waals surface area (Å²) in [5.74, 6) is -1.16. The third kappa shape index (κ3) is 4.47. The number of aromatic amines is 1. The van der Waals surface area contributed by atoms with Crippen molar-refractivity contribution in [2.24, 2.45) is 0 Å². The van der Waals surface area contributed by atoms with Crippen molar-refractivity contribution in [2.75, 3.05) is 23.3 Å². The van der Waals surface area contributed by atoms with Crippen LogP contribution in [0, 0.1) is 0 Å². The molecule has 2 N–H and O–H groups in total. The first-order valence-electron chi connectivity index (χ1n) is 9.78. The monoisotopic (exact) mass is 438 g/mol. The minimum atomic E-state index is -4.56. The van der Waals surface area contributed by atoms with Gasteiger partial charge in [0, 0.05) is 18.7 Å². The van der Waals surface area contributed by atoms with Gasteiger partial charge in [-0.3, -0.25) is 4.79 Å².